The Morgan fingerprint density at radius 2 is 0.859 bits per heavy atom. The summed E-state index contributed by atoms with van der Waals surface area (Å²) in [6.45, 7) is 4.73. The average molecular weight is 962 g/mol. The molecule has 0 radical (unpaired) electrons. The van der Waals surface area contributed by atoms with Crippen molar-refractivity contribution in [2.75, 3.05) is 19.8 Å². The Labute approximate surface area is 414 Å². The van der Waals surface area contributed by atoms with Gasteiger partial charge in [-0.15, -0.1) is 6.58 Å². The number of fused-ring (bicyclic) bond motifs is 1. The number of carbonyl (C=O) groups is 2. The first-order chi connectivity index (χ1) is 34.9. The Hall–Kier alpha value is -6.20. The Morgan fingerprint density at radius 3 is 1.32 bits per heavy atom. The van der Waals surface area contributed by atoms with Crippen LogP contribution >= 0.6 is 0 Å². The van der Waals surface area contributed by atoms with E-state index in [0.717, 1.165) is 32.7 Å². The minimum Gasteiger partial charge on any atom is -0.388 e. The first-order valence-corrected chi connectivity index (χ1v) is 24.0. The van der Waals surface area contributed by atoms with Crippen LogP contribution in [0.4, 0.5) is 0 Å². The van der Waals surface area contributed by atoms with E-state index in [0.29, 0.717) is 0 Å². The average Bonchev–Trinajstić information content (AvgIpc) is 3.66. The Bertz CT molecular complexity index is 2560. The highest BCUT2D eigenvalue weighted by Gasteiger charge is 2.57. The zero-order chi connectivity index (χ0) is 48.8. The number of hydrogen-bond donors (Lipinski definition) is 1. The molecule has 13 nitrogen and oxygen atoms in total. The second kappa shape index (κ2) is 24.8. The molecule has 3 aliphatic heterocycles. The molecule has 0 saturated carbocycles. The summed E-state index contributed by atoms with van der Waals surface area (Å²) >= 11 is 0. The maximum Gasteiger partial charge on any atom is 0.262 e. The fourth-order valence-electron chi connectivity index (χ4n) is 9.13. The number of aliphatic hydroxyl groups is 1. The molecule has 13 heteroatoms. The van der Waals surface area contributed by atoms with E-state index >= 15 is 0 Å². The number of aliphatic hydroxyl groups excluding tert-OH is 1. The first-order valence-electron chi connectivity index (χ1n) is 24.0. The quantitative estimate of drug-likeness (QED) is 0.0489. The van der Waals surface area contributed by atoms with Crippen LogP contribution in [0.2, 0.25) is 0 Å². The highest BCUT2D eigenvalue weighted by molar-refractivity contribution is 6.21. The number of nitrogens with zero attached hydrogens (tertiary/aromatic N) is 1. The van der Waals surface area contributed by atoms with Crippen LogP contribution in [-0.2, 0) is 75.7 Å². The lowest BCUT2D eigenvalue weighted by molar-refractivity contribution is -0.362. The Morgan fingerprint density at radius 1 is 0.465 bits per heavy atom. The number of rotatable bonds is 23. The van der Waals surface area contributed by atoms with Gasteiger partial charge in [0.1, 0.15) is 48.8 Å². The van der Waals surface area contributed by atoms with Gasteiger partial charge in [-0.3, -0.25) is 14.5 Å². The van der Waals surface area contributed by atoms with Crippen molar-refractivity contribution in [1.29, 1.82) is 0 Å². The van der Waals surface area contributed by atoms with Crippen molar-refractivity contribution in [3.63, 3.8) is 0 Å². The molecule has 10 atom stereocenters. The number of hydrogen-bond acceptors (Lipinski definition) is 12. The summed E-state index contributed by atoms with van der Waals surface area (Å²) < 4.78 is 60.5. The van der Waals surface area contributed by atoms with Crippen LogP contribution < -0.4 is 0 Å². The molecule has 9 rings (SSSR count). The second-order valence-electron chi connectivity index (χ2n) is 17.6. The van der Waals surface area contributed by atoms with Crippen molar-refractivity contribution >= 4 is 11.8 Å². The largest absolute Gasteiger partial charge is 0.388 e. The van der Waals surface area contributed by atoms with E-state index < -0.39 is 73.2 Å². The SMILES string of the molecule is C=CCO[C@@H]1O[C@H](COCc2ccccc2)[C@@H](O)[C@@H](O[C@H]2O[C@H](COCc3ccccc3)[C@@H](OCc3ccccc3)[C@H](OCc3ccccc3)[C@H]2OCc2ccccc2)[C@H]1N1C(=O)c2ccccc2C1=O. The van der Waals surface area contributed by atoms with Crippen molar-refractivity contribution in [2.24, 2.45) is 0 Å². The van der Waals surface area contributed by atoms with E-state index in [1.807, 2.05) is 152 Å². The number of carbonyl (C=O) groups excluding carboxylic acids is 2. The summed E-state index contributed by atoms with van der Waals surface area (Å²) in [4.78, 5) is 30.1. The molecule has 0 unspecified atom stereocenters. The molecule has 6 aromatic carbocycles. The minimum absolute atomic E-state index is 0.0237. The lowest BCUT2D eigenvalue weighted by Crippen LogP contribution is -2.69. The molecular weight excluding hydrogens is 903 g/mol. The monoisotopic (exact) mass is 961 g/mol. The van der Waals surface area contributed by atoms with Gasteiger partial charge in [-0.25, -0.2) is 0 Å². The van der Waals surface area contributed by atoms with Gasteiger partial charge in [-0.05, 0) is 39.9 Å². The molecule has 368 valence electrons. The zero-order valence-corrected chi connectivity index (χ0v) is 39.3. The highest BCUT2D eigenvalue weighted by Crippen LogP contribution is 2.38. The van der Waals surface area contributed by atoms with Crippen LogP contribution in [0.15, 0.2) is 189 Å². The smallest absolute Gasteiger partial charge is 0.262 e. The summed E-state index contributed by atoms with van der Waals surface area (Å²) in [6, 6.07) is 53.9. The molecule has 3 heterocycles. The van der Waals surface area contributed by atoms with Gasteiger partial charge in [-0.1, -0.05) is 170 Å². The van der Waals surface area contributed by atoms with Gasteiger partial charge in [0.25, 0.3) is 11.8 Å². The fraction of sp³-hybridized carbons (Fsp3) is 0.310. The maximum atomic E-state index is 14.5. The lowest BCUT2D eigenvalue weighted by Gasteiger charge is -2.50. The van der Waals surface area contributed by atoms with Crippen LogP contribution in [0.25, 0.3) is 0 Å². The standard InChI is InChI=1S/C58H59NO12/c1-2-32-65-57-49(59-55(61)45-30-18-19-31-46(45)56(59)62)52(50(60)47(69-57)38-63-33-40-20-8-3-9-21-40)71-58-54(68-37-44-28-16-7-17-29-44)53(67-36-43-26-14-6-15-27-43)51(66-35-42-24-12-5-13-25-42)48(70-58)39-64-34-41-22-10-4-11-23-41/h2-31,47-54,57-58,60H,1,32-39H2/t47-,48-,49-,50-,51-,52+,53+,54-,57-,58-/m1/s1. The molecule has 2 saturated heterocycles. The topological polar surface area (TPSA) is 141 Å². The molecule has 0 aliphatic carbocycles. The third-order valence-electron chi connectivity index (χ3n) is 12.7. The minimum atomic E-state index is -1.52. The zero-order valence-electron chi connectivity index (χ0n) is 39.3. The number of ether oxygens (including phenoxy) is 9. The van der Waals surface area contributed by atoms with Crippen molar-refractivity contribution in [2.45, 2.75) is 94.4 Å². The van der Waals surface area contributed by atoms with Gasteiger partial charge in [0.05, 0.1) is 64.0 Å². The maximum absolute atomic E-state index is 14.5. The Kier molecular flexibility index (Phi) is 17.4. The van der Waals surface area contributed by atoms with Crippen LogP contribution in [0.3, 0.4) is 0 Å². The van der Waals surface area contributed by atoms with Gasteiger partial charge in [0.15, 0.2) is 12.6 Å². The molecule has 6 aromatic rings. The first kappa shape index (κ1) is 49.8. The summed E-state index contributed by atoms with van der Waals surface area (Å²) in [5.74, 6) is -1.20. The lowest BCUT2D eigenvalue weighted by atomic mass is 9.94. The molecule has 71 heavy (non-hydrogen) atoms. The van der Waals surface area contributed by atoms with Gasteiger partial charge >= 0.3 is 0 Å². The predicted octanol–water partition coefficient (Wildman–Crippen LogP) is 8.24. The van der Waals surface area contributed by atoms with Crippen LogP contribution in [-0.4, -0.2) is 103 Å². The van der Waals surface area contributed by atoms with Crippen molar-refractivity contribution in [3.8, 4) is 0 Å². The second-order valence-corrected chi connectivity index (χ2v) is 17.6. The summed E-state index contributed by atoms with van der Waals surface area (Å²) in [5.41, 5.74) is 4.97. The van der Waals surface area contributed by atoms with E-state index in [1.165, 1.54) is 6.08 Å². The van der Waals surface area contributed by atoms with E-state index in [4.69, 9.17) is 42.6 Å². The van der Waals surface area contributed by atoms with Crippen LogP contribution in [0.5, 0.6) is 0 Å². The normalized spacial score (nSPS) is 25.2. The van der Waals surface area contributed by atoms with E-state index in [-0.39, 0.29) is 64.0 Å². The van der Waals surface area contributed by atoms with Gasteiger partial charge in [0, 0.05) is 0 Å². The molecule has 0 aromatic heterocycles. The summed E-state index contributed by atoms with van der Waals surface area (Å²) in [7, 11) is 0. The van der Waals surface area contributed by atoms with E-state index in [2.05, 4.69) is 6.58 Å². The molecule has 2 amide bonds. The molecule has 0 spiro atoms. The third-order valence-corrected chi connectivity index (χ3v) is 12.7. The molecule has 1 N–H and O–H groups in total. The van der Waals surface area contributed by atoms with E-state index in [9.17, 15) is 14.7 Å². The van der Waals surface area contributed by atoms with E-state index in [1.54, 1.807) is 24.3 Å². The predicted molar refractivity (Wildman–Crippen MR) is 262 cm³/mol. The van der Waals surface area contributed by atoms with Crippen LogP contribution in [0.1, 0.15) is 48.5 Å². The number of amides is 2. The molecule has 2 fully saturated rings. The van der Waals surface area contributed by atoms with Gasteiger partial charge < -0.3 is 47.7 Å². The number of benzene rings is 6. The molecule has 3 aliphatic rings. The van der Waals surface area contributed by atoms with Gasteiger partial charge in [-0.2, -0.15) is 0 Å². The van der Waals surface area contributed by atoms with Crippen molar-refractivity contribution in [1.82, 2.24) is 4.90 Å². The van der Waals surface area contributed by atoms with Crippen LogP contribution in [0, 0.1) is 0 Å². The highest BCUT2D eigenvalue weighted by atomic mass is 16.7. The summed E-state index contributed by atoms with van der Waals surface area (Å²) in [6.07, 6.45) is -8.74. The summed E-state index contributed by atoms with van der Waals surface area (Å²) in [5, 5.41) is 12.7. The molecular formula is C58H59NO12. The fourth-order valence-corrected chi connectivity index (χ4v) is 9.13. The van der Waals surface area contributed by atoms with Crippen molar-refractivity contribution in [3.05, 3.63) is 228 Å². The van der Waals surface area contributed by atoms with Gasteiger partial charge in [0.2, 0.25) is 0 Å². The molecule has 0 bridgehead atoms. The number of imide groups is 1. The van der Waals surface area contributed by atoms with Crippen molar-refractivity contribution < 1.29 is 57.3 Å². The Balaban J connectivity index is 1.11. The third kappa shape index (κ3) is 12.5.